The van der Waals surface area contributed by atoms with Gasteiger partial charge in [0.2, 0.25) is 12.7 Å². The molecule has 1 saturated heterocycles. The molecule has 0 aliphatic carbocycles. The van der Waals surface area contributed by atoms with E-state index in [1.807, 2.05) is 23.1 Å². The zero-order valence-electron chi connectivity index (χ0n) is 14.0. The number of fused-ring (bicyclic) bond motifs is 1. The number of rotatable bonds is 6. The highest BCUT2D eigenvalue weighted by Gasteiger charge is 2.30. The van der Waals surface area contributed by atoms with Gasteiger partial charge in [-0.25, -0.2) is 0 Å². The number of benzene rings is 2. The van der Waals surface area contributed by atoms with Gasteiger partial charge in [0.1, 0.15) is 0 Å². The van der Waals surface area contributed by atoms with Gasteiger partial charge in [-0.1, -0.05) is 36.4 Å². The molecule has 0 spiro atoms. The lowest BCUT2D eigenvalue weighted by atomic mass is 10.1. The molecule has 0 saturated carbocycles. The lowest BCUT2D eigenvalue weighted by Crippen LogP contribution is -2.34. The van der Waals surface area contributed by atoms with E-state index in [1.54, 1.807) is 11.8 Å². The Morgan fingerprint density at radius 3 is 2.72 bits per heavy atom. The number of carbonyl (C=O) groups is 1. The largest absolute Gasteiger partial charge is 0.454 e. The van der Waals surface area contributed by atoms with Gasteiger partial charge in [-0.3, -0.25) is 4.79 Å². The van der Waals surface area contributed by atoms with Gasteiger partial charge in [0, 0.05) is 6.54 Å². The maximum Gasteiger partial charge on any atom is 0.233 e. The lowest BCUT2D eigenvalue weighted by molar-refractivity contribution is -0.128. The second kappa shape index (κ2) is 7.40. The molecule has 1 amide bonds. The Bertz CT molecular complexity index is 750. The molecule has 2 aromatic carbocycles. The monoisotopic (exact) mass is 355 g/mol. The SMILES string of the molecule is O=C1CSC(CCc2ccccc2)N1CCc1ccc2c(c1)OCO2. The normalized spacial score (nSPS) is 18.8. The van der Waals surface area contributed by atoms with Crippen LogP contribution in [-0.2, 0) is 17.6 Å². The van der Waals surface area contributed by atoms with Crippen molar-refractivity contribution in [2.24, 2.45) is 0 Å². The molecule has 1 fully saturated rings. The van der Waals surface area contributed by atoms with E-state index in [0.29, 0.717) is 12.5 Å². The number of aryl methyl sites for hydroxylation is 1. The average molecular weight is 355 g/mol. The summed E-state index contributed by atoms with van der Waals surface area (Å²) >= 11 is 1.76. The second-order valence-corrected chi connectivity index (χ2v) is 7.48. The molecule has 1 atom stereocenters. The van der Waals surface area contributed by atoms with Gasteiger partial charge in [0.05, 0.1) is 11.1 Å². The van der Waals surface area contributed by atoms with Crippen LogP contribution in [0, 0.1) is 0 Å². The predicted molar refractivity (Wildman–Crippen MR) is 99.0 cm³/mol. The highest BCUT2D eigenvalue weighted by atomic mass is 32.2. The van der Waals surface area contributed by atoms with Crippen molar-refractivity contribution in [1.29, 1.82) is 0 Å². The van der Waals surface area contributed by atoms with E-state index < -0.39 is 0 Å². The van der Waals surface area contributed by atoms with E-state index in [9.17, 15) is 4.79 Å². The minimum Gasteiger partial charge on any atom is -0.454 e. The van der Waals surface area contributed by atoms with Gasteiger partial charge in [0.15, 0.2) is 11.5 Å². The molecule has 1 unspecified atom stereocenters. The third kappa shape index (κ3) is 3.76. The number of amides is 1. The van der Waals surface area contributed by atoms with Crippen LogP contribution in [0.5, 0.6) is 11.5 Å². The highest BCUT2D eigenvalue weighted by Crippen LogP contribution is 2.33. The number of ether oxygens (including phenoxy) is 2. The Morgan fingerprint density at radius 2 is 1.84 bits per heavy atom. The van der Waals surface area contributed by atoms with E-state index in [2.05, 4.69) is 30.3 Å². The molecule has 5 heteroatoms. The Balaban J connectivity index is 1.35. The van der Waals surface area contributed by atoms with Gasteiger partial charge < -0.3 is 14.4 Å². The molecule has 2 aliphatic rings. The highest BCUT2D eigenvalue weighted by molar-refractivity contribution is 8.00. The summed E-state index contributed by atoms with van der Waals surface area (Å²) in [6.07, 6.45) is 2.85. The summed E-state index contributed by atoms with van der Waals surface area (Å²) in [7, 11) is 0. The van der Waals surface area contributed by atoms with Crippen molar-refractivity contribution in [1.82, 2.24) is 4.90 Å². The van der Waals surface area contributed by atoms with Crippen LogP contribution in [0.15, 0.2) is 48.5 Å². The van der Waals surface area contributed by atoms with Crippen molar-refractivity contribution >= 4 is 17.7 Å². The molecule has 2 aliphatic heterocycles. The van der Waals surface area contributed by atoms with Crippen LogP contribution in [0.25, 0.3) is 0 Å². The van der Waals surface area contributed by atoms with Crippen molar-refractivity contribution in [2.45, 2.75) is 24.6 Å². The van der Waals surface area contributed by atoms with Gasteiger partial charge >= 0.3 is 0 Å². The van der Waals surface area contributed by atoms with E-state index >= 15 is 0 Å². The Kier molecular flexibility index (Phi) is 4.83. The fraction of sp³-hybridized carbons (Fsp3) is 0.350. The average Bonchev–Trinajstić information content (AvgIpc) is 3.25. The number of nitrogens with zero attached hydrogens (tertiary/aromatic N) is 1. The first-order valence-electron chi connectivity index (χ1n) is 8.63. The Labute approximate surface area is 152 Å². The first-order chi connectivity index (χ1) is 12.3. The van der Waals surface area contributed by atoms with Crippen molar-refractivity contribution in [3.8, 4) is 11.5 Å². The van der Waals surface area contributed by atoms with Crippen molar-refractivity contribution < 1.29 is 14.3 Å². The van der Waals surface area contributed by atoms with Crippen molar-refractivity contribution in [2.75, 3.05) is 19.1 Å². The summed E-state index contributed by atoms with van der Waals surface area (Å²) in [5.41, 5.74) is 2.51. The Morgan fingerprint density at radius 1 is 1.00 bits per heavy atom. The standard InChI is InChI=1S/C20H21NO3S/c22-19-13-25-20(9-7-15-4-2-1-3-5-15)21(19)11-10-16-6-8-17-18(12-16)24-14-23-17/h1-6,8,12,20H,7,9-11,13-14H2. The topological polar surface area (TPSA) is 38.8 Å². The van der Waals surface area contributed by atoms with Crippen LogP contribution in [0.4, 0.5) is 0 Å². The van der Waals surface area contributed by atoms with Gasteiger partial charge in [-0.2, -0.15) is 0 Å². The van der Waals surface area contributed by atoms with Crippen LogP contribution in [-0.4, -0.2) is 35.3 Å². The summed E-state index contributed by atoms with van der Waals surface area (Å²) in [6, 6.07) is 16.5. The molecule has 0 aromatic heterocycles. The predicted octanol–water partition coefficient (Wildman–Crippen LogP) is 3.49. The number of hydrogen-bond donors (Lipinski definition) is 0. The van der Waals surface area contributed by atoms with Crippen LogP contribution in [0.1, 0.15) is 17.5 Å². The third-order valence-electron chi connectivity index (χ3n) is 4.67. The number of thioether (sulfide) groups is 1. The minimum atomic E-state index is 0.254. The van der Waals surface area contributed by atoms with Crippen LogP contribution in [0.2, 0.25) is 0 Å². The summed E-state index contributed by atoms with van der Waals surface area (Å²) in [5.74, 6) is 2.46. The quantitative estimate of drug-likeness (QED) is 0.795. The molecule has 0 N–H and O–H groups in total. The molecule has 130 valence electrons. The first kappa shape index (κ1) is 16.3. The summed E-state index contributed by atoms with van der Waals surface area (Å²) in [6.45, 7) is 1.05. The molecular formula is C20H21NO3S. The zero-order chi connectivity index (χ0) is 17.1. The van der Waals surface area contributed by atoms with Crippen LogP contribution in [0.3, 0.4) is 0 Å². The number of hydrogen-bond acceptors (Lipinski definition) is 4. The van der Waals surface area contributed by atoms with Gasteiger partial charge in [0.25, 0.3) is 0 Å². The van der Waals surface area contributed by atoms with E-state index in [-0.39, 0.29) is 11.3 Å². The van der Waals surface area contributed by atoms with Crippen molar-refractivity contribution in [3.05, 3.63) is 59.7 Å². The Hall–Kier alpha value is -2.14. The second-order valence-electron chi connectivity index (χ2n) is 6.31. The molecular weight excluding hydrogens is 334 g/mol. The molecule has 2 heterocycles. The van der Waals surface area contributed by atoms with E-state index in [0.717, 1.165) is 37.3 Å². The smallest absolute Gasteiger partial charge is 0.233 e. The molecule has 2 aromatic rings. The van der Waals surface area contributed by atoms with Gasteiger partial charge in [-0.05, 0) is 42.5 Å². The fourth-order valence-electron chi connectivity index (χ4n) is 3.29. The van der Waals surface area contributed by atoms with Crippen molar-refractivity contribution in [3.63, 3.8) is 0 Å². The maximum absolute atomic E-state index is 12.3. The lowest BCUT2D eigenvalue weighted by Gasteiger charge is -2.24. The van der Waals surface area contributed by atoms with E-state index in [4.69, 9.17) is 9.47 Å². The molecule has 4 nitrogen and oxygen atoms in total. The minimum absolute atomic E-state index is 0.254. The summed E-state index contributed by atoms with van der Waals surface area (Å²) in [5, 5.41) is 0.279. The molecule has 0 radical (unpaired) electrons. The molecule has 4 rings (SSSR count). The van der Waals surface area contributed by atoms with Crippen LogP contribution >= 0.6 is 11.8 Å². The maximum atomic E-state index is 12.3. The van der Waals surface area contributed by atoms with Gasteiger partial charge in [-0.15, -0.1) is 11.8 Å². The molecule has 25 heavy (non-hydrogen) atoms. The number of carbonyl (C=O) groups excluding carboxylic acids is 1. The van der Waals surface area contributed by atoms with E-state index in [1.165, 1.54) is 11.1 Å². The third-order valence-corrected chi connectivity index (χ3v) is 5.96. The molecule has 0 bridgehead atoms. The summed E-state index contributed by atoms with van der Waals surface area (Å²) in [4.78, 5) is 14.3. The summed E-state index contributed by atoms with van der Waals surface area (Å²) < 4.78 is 10.8. The fourth-order valence-corrected chi connectivity index (χ4v) is 4.48. The first-order valence-corrected chi connectivity index (χ1v) is 9.68. The zero-order valence-corrected chi connectivity index (χ0v) is 14.8. The van der Waals surface area contributed by atoms with Crippen LogP contribution < -0.4 is 9.47 Å².